The molecular weight excluding hydrogens is 453 g/mol. The quantitative estimate of drug-likeness (QED) is 0.621. The van der Waals surface area contributed by atoms with Gasteiger partial charge in [-0.05, 0) is 41.5 Å². The normalized spacial score (nSPS) is 19.8. The lowest BCUT2D eigenvalue weighted by Gasteiger charge is -2.37. The number of nitrogens with one attached hydrogen (secondary N) is 1. The number of fused-ring (bicyclic) bond motifs is 2. The number of anilines is 1. The fraction of sp³-hybridized carbons (Fsp3) is 0.348. The number of alkyl halides is 3. The first-order valence-corrected chi connectivity index (χ1v) is 12.1. The Bertz CT molecular complexity index is 1220. The number of nitrogens with zero attached hydrogens (tertiary/aromatic N) is 3. The number of hydrogen-bond donors (Lipinski definition) is 1. The Labute approximate surface area is 190 Å². The van der Waals surface area contributed by atoms with Crippen LogP contribution in [0.3, 0.4) is 0 Å². The topological polar surface area (TPSA) is 69.3 Å². The molecular formula is C23H23F3N4O2S. The molecule has 0 spiro atoms. The van der Waals surface area contributed by atoms with Crippen molar-refractivity contribution < 1.29 is 21.6 Å². The molecule has 0 saturated heterocycles. The third-order valence-corrected chi connectivity index (χ3v) is 8.14. The molecule has 6 nitrogen and oxygen atoms in total. The van der Waals surface area contributed by atoms with Crippen molar-refractivity contribution >= 4 is 15.7 Å². The van der Waals surface area contributed by atoms with Gasteiger partial charge in [0.1, 0.15) is 0 Å². The Morgan fingerprint density at radius 2 is 1.64 bits per heavy atom. The number of sulfonamides is 1. The van der Waals surface area contributed by atoms with Gasteiger partial charge in [0.15, 0.2) is 0 Å². The number of rotatable bonds is 4. The molecule has 1 aromatic heterocycles. The van der Waals surface area contributed by atoms with E-state index in [-0.39, 0.29) is 19.0 Å². The predicted octanol–water partition coefficient (Wildman–Crippen LogP) is 3.87. The number of imidazole rings is 1. The molecule has 1 atom stereocenters. The Balaban J connectivity index is 1.60. The summed E-state index contributed by atoms with van der Waals surface area (Å²) in [6.45, 7) is -0.189. The highest BCUT2D eigenvalue weighted by atomic mass is 32.2. The summed E-state index contributed by atoms with van der Waals surface area (Å²) in [4.78, 5) is 9.18. The molecule has 2 heterocycles. The van der Waals surface area contributed by atoms with E-state index in [0.29, 0.717) is 29.3 Å². The maximum absolute atomic E-state index is 13.6. The largest absolute Gasteiger partial charge is 0.511 e. The first-order chi connectivity index (χ1) is 15.7. The molecule has 1 unspecified atom stereocenters. The van der Waals surface area contributed by atoms with Gasteiger partial charge in [-0.25, -0.2) is 13.4 Å². The van der Waals surface area contributed by atoms with E-state index < -0.39 is 21.6 Å². The molecule has 3 aromatic rings. The van der Waals surface area contributed by atoms with Crippen molar-refractivity contribution in [2.45, 2.75) is 37.5 Å². The minimum Gasteiger partial charge on any atom is -0.361 e. The second-order valence-corrected chi connectivity index (χ2v) is 10.5. The van der Waals surface area contributed by atoms with E-state index in [1.165, 1.54) is 0 Å². The third kappa shape index (κ3) is 4.02. The van der Waals surface area contributed by atoms with Crippen LogP contribution in [-0.2, 0) is 36.0 Å². The summed E-state index contributed by atoms with van der Waals surface area (Å²) in [6, 6.07) is 14.6. The average molecular weight is 477 g/mol. The van der Waals surface area contributed by atoms with Crippen LogP contribution in [0.15, 0.2) is 61.1 Å². The van der Waals surface area contributed by atoms with Gasteiger partial charge < -0.3 is 9.88 Å². The zero-order valence-corrected chi connectivity index (χ0v) is 18.5. The molecule has 174 valence electrons. The molecule has 0 amide bonds. The fourth-order valence-electron chi connectivity index (χ4n) is 5.02. The van der Waals surface area contributed by atoms with Gasteiger partial charge in [0, 0.05) is 31.0 Å². The number of halogens is 3. The van der Waals surface area contributed by atoms with E-state index in [2.05, 4.69) is 9.97 Å². The number of para-hydroxylation sites is 1. The SMILES string of the molecule is O=S(=O)(N1Cc2ccccc2N(Cc2cnc[nH]2)C(C2Cc3ccccc3C2)C1)C(F)(F)F. The fourth-order valence-corrected chi connectivity index (χ4v) is 5.97. The number of aromatic amines is 1. The summed E-state index contributed by atoms with van der Waals surface area (Å²) in [5.74, 6) is -0.0394. The highest BCUT2D eigenvalue weighted by Crippen LogP contribution is 2.39. The highest BCUT2D eigenvalue weighted by Gasteiger charge is 2.52. The molecule has 2 aliphatic rings. The van der Waals surface area contributed by atoms with Crippen LogP contribution in [0.4, 0.5) is 18.9 Å². The first-order valence-electron chi connectivity index (χ1n) is 10.7. The number of aromatic nitrogens is 2. The third-order valence-electron chi connectivity index (χ3n) is 6.59. The summed E-state index contributed by atoms with van der Waals surface area (Å²) in [5.41, 5.74) is -0.948. The molecule has 2 aromatic carbocycles. The van der Waals surface area contributed by atoms with Crippen molar-refractivity contribution in [3.63, 3.8) is 0 Å². The van der Waals surface area contributed by atoms with Gasteiger partial charge in [0.25, 0.3) is 0 Å². The minimum absolute atomic E-state index is 0.0394. The van der Waals surface area contributed by atoms with Gasteiger partial charge in [0.2, 0.25) is 0 Å². The molecule has 33 heavy (non-hydrogen) atoms. The van der Waals surface area contributed by atoms with E-state index in [4.69, 9.17) is 0 Å². The molecule has 5 rings (SSSR count). The van der Waals surface area contributed by atoms with Gasteiger partial charge in [-0.3, -0.25) is 0 Å². The van der Waals surface area contributed by atoms with Gasteiger partial charge in [-0.15, -0.1) is 0 Å². The molecule has 0 radical (unpaired) electrons. The zero-order valence-electron chi connectivity index (χ0n) is 17.7. The molecule has 10 heteroatoms. The predicted molar refractivity (Wildman–Crippen MR) is 118 cm³/mol. The van der Waals surface area contributed by atoms with Crippen molar-refractivity contribution in [3.05, 3.63) is 83.4 Å². The smallest absolute Gasteiger partial charge is 0.361 e. The van der Waals surface area contributed by atoms with E-state index >= 15 is 0 Å². The second-order valence-electron chi connectivity index (χ2n) is 8.58. The van der Waals surface area contributed by atoms with Crippen LogP contribution in [0, 0.1) is 5.92 Å². The highest BCUT2D eigenvalue weighted by molar-refractivity contribution is 7.89. The summed E-state index contributed by atoms with van der Waals surface area (Å²) in [7, 11) is -5.49. The van der Waals surface area contributed by atoms with E-state index in [9.17, 15) is 21.6 Å². The molecule has 0 fully saturated rings. The van der Waals surface area contributed by atoms with E-state index in [1.54, 1.807) is 24.7 Å². The van der Waals surface area contributed by atoms with Crippen molar-refractivity contribution in [2.24, 2.45) is 5.92 Å². The maximum atomic E-state index is 13.6. The number of hydrogen-bond acceptors (Lipinski definition) is 4. The number of benzene rings is 2. The Morgan fingerprint density at radius 1 is 1.00 bits per heavy atom. The standard InChI is InChI=1S/C23H23F3N4O2S/c24-23(25,26)33(31,32)29-12-18-7-3-4-8-21(18)30(13-20-11-27-15-28-20)22(14-29)19-9-16-5-1-2-6-17(16)10-19/h1-8,11,15,19,22H,9-10,12-14H2,(H,27,28). The van der Waals surface area contributed by atoms with Crippen LogP contribution in [-0.4, -0.2) is 40.8 Å². The van der Waals surface area contributed by atoms with Crippen LogP contribution in [0.1, 0.15) is 22.4 Å². The van der Waals surface area contributed by atoms with Crippen LogP contribution in [0.5, 0.6) is 0 Å². The molecule has 1 aliphatic heterocycles. The van der Waals surface area contributed by atoms with Crippen molar-refractivity contribution in [1.29, 1.82) is 0 Å². The van der Waals surface area contributed by atoms with E-state index in [1.807, 2.05) is 41.3 Å². The summed E-state index contributed by atoms with van der Waals surface area (Å²) < 4.78 is 66.5. The lowest BCUT2D eigenvalue weighted by Crippen LogP contribution is -2.50. The summed E-state index contributed by atoms with van der Waals surface area (Å²) >= 11 is 0. The summed E-state index contributed by atoms with van der Waals surface area (Å²) in [5, 5.41) is 0. The Hall–Kier alpha value is -2.85. The van der Waals surface area contributed by atoms with Crippen LogP contribution in [0.2, 0.25) is 0 Å². The van der Waals surface area contributed by atoms with Crippen LogP contribution >= 0.6 is 0 Å². The maximum Gasteiger partial charge on any atom is 0.511 e. The van der Waals surface area contributed by atoms with Crippen LogP contribution in [0.25, 0.3) is 0 Å². The lowest BCUT2D eigenvalue weighted by molar-refractivity contribution is -0.0493. The number of H-pyrrole nitrogens is 1. The molecule has 0 bridgehead atoms. The van der Waals surface area contributed by atoms with Gasteiger partial charge in [0.05, 0.1) is 18.6 Å². The van der Waals surface area contributed by atoms with Crippen LogP contribution < -0.4 is 4.90 Å². The molecule has 0 saturated carbocycles. The van der Waals surface area contributed by atoms with Gasteiger partial charge in [-0.1, -0.05) is 42.5 Å². The minimum atomic E-state index is -5.49. The van der Waals surface area contributed by atoms with Gasteiger partial charge in [-0.2, -0.15) is 17.5 Å². The first kappa shape index (κ1) is 22.0. The van der Waals surface area contributed by atoms with E-state index in [0.717, 1.165) is 22.5 Å². The van der Waals surface area contributed by atoms with Crippen molar-refractivity contribution in [2.75, 3.05) is 11.4 Å². The Morgan fingerprint density at radius 3 is 2.24 bits per heavy atom. The monoisotopic (exact) mass is 476 g/mol. The molecule has 1 aliphatic carbocycles. The summed E-state index contributed by atoms with van der Waals surface area (Å²) in [6.07, 6.45) is 4.60. The van der Waals surface area contributed by atoms with Gasteiger partial charge >= 0.3 is 15.5 Å². The van der Waals surface area contributed by atoms with Crippen molar-refractivity contribution in [3.8, 4) is 0 Å². The lowest BCUT2D eigenvalue weighted by atomic mass is 9.94. The second kappa shape index (κ2) is 8.18. The Kier molecular flexibility index (Phi) is 5.44. The van der Waals surface area contributed by atoms with Crippen molar-refractivity contribution in [1.82, 2.24) is 14.3 Å². The molecule has 1 N–H and O–H groups in total. The average Bonchev–Trinajstić information content (AvgIpc) is 3.41. The zero-order chi connectivity index (χ0) is 23.2.